The number of esters is 1. The van der Waals surface area contributed by atoms with E-state index in [-0.39, 0.29) is 31.0 Å². The van der Waals surface area contributed by atoms with Gasteiger partial charge in [0, 0.05) is 39.0 Å². The van der Waals surface area contributed by atoms with E-state index in [1.54, 1.807) is 59.6 Å². The van der Waals surface area contributed by atoms with Gasteiger partial charge in [0.2, 0.25) is 0 Å². The molecule has 8 nitrogen and oxygen atoms in total. The Labute approximate surface area is 357 Å². The maximum Gasteiger partial charge on any atom is 0.310 e. The first-order chi connectivity index (χ1) is 27.7. The zero-order chi connectivity index (χ0) is 42.0. The molecule has 0 bridgehead atoms. The molecule has 0 amide bonds. The van der Waals surface area contributed by atoms with E-state index in [0.29, 0.717) is 23.9 Å². The first-order valence-electron chi connectivity index (χ1n) is 19.2. The summed E-state index contributed by atoms with van der Waals surface area (Å²) in [7, 11) is 3.29. The molecule has 6 rings (SSSR count). The number of carbonyl (C=O) groups excluding carboxylic acids is 1. The maximum absolute atomic E-state index is 13.1. The molecule has 1 N–H and O–H groups in total. The molecule has 12 heteroatoms. The van der Waals surface area contributed by atoms with Gasteiger partial charge in [-0.15, -0.1) is 45.3 Å². The Morgan fingerprint density at radius 1 is 0.586 bits per heavy atom. The van der Waals surface area contributed by atoms with Crippen molar-refractivity contribution in [3.8, 4) is 73.1 Å². The highest BCUT2D eigenvalue weighted by molar-refractivity contribution is 7.30. The number of carbonyl (C=O) groups is 2. The Kier molecular flexibility index (Phi) is 13.4. The molecule has 0 aliphatic carbocycles. The molecule has 0 fully saturated rings. The summed E-state index contributed by atoms with van der Waals surface area (Å²) in [5.74, 6) is 1.59. The molecule has 0 spiro atoms. The summed E-state index contributed by atoms with van der Waals surface area (Å²) in [5, 5.41) is 10.1. The van der Waals surface area contributed by atoms with Crippen LogP contribution in [0.2, 0.25) is 0 Å². The minimum atomic E-state index is -0.894. The van der Waals surface area contributed by atoms with Crippen LogP contribution in [0, 0.1) is 27.7 Å². The number of rotatable bonds is 16. The monoisotopic (exact) mass is 858 g/mol. The van der Waals surface area contributed by atoms with E-state index < -0.39 is 5.97 Å². The van der Waals surface area contributed by atoms with Crippen molar-refractivity contribution in [1.29, 1.82) is 0 Å². The van der Waals surface area contributed by atoms with E-state index in [1.165, 1.54) is 0 Å². The number of carboxylic acids is 1. The largest absolute Gasteiger partial charge is 0.496 e. The molecule has 0 aliphatic heterocycles. The van der Waals surface area contributed by atoms with Gasteiger partial charge in [0.15, 0.2) is 0 Å². The van der Waals surface area contributed by atoms with Crippen molar-refractivity contribution in [2.45, 2.75) is 87.4 Å². The summed E-state index contributed by atoms with van der Waals surface area (Å²) in [6.45, 7) is 18.6. The van der Waals surface area contributed by atoms with Gasteiger partial charge in [0.1, 0.15) is 23.0 Å². The van der Waals surface area contributed by atoms with Gasteiger partial charge in [-0.3, -0.25) is 9.59 Å². The Hall–Kier alpha value is -4.62. The molecule has 4 heterocycles. The quantitative estimate of drug-likeness (QED) is 0.0961. The van der Waals surface area contributed by atoms with E-state index >= 15 is 0 Å². The molecule has 4 aromatic heterocycles. The highest BCUT2D eigenvalue weighted by atomic mass is 32.1. The number of ether oxygens (including phenoxy) is 5. The number of benzene rings is 2. The van der Waals surface area contributed by atoms with Crippen molar-refractivity contribution in [2.24, 2.45) is 0 Å². The average Bonchev–Trinajstić information content (AvgIpc) is 3.91. The summed E-state index contributed by atoms with van der Waals surface area (Å²) in [6, 6.07) is 15.6. The van der Waals surface area contributed by atoms with Crippen LogP contribution in [0.1, 0.15) is 68.0 Å². The molecule has 0 unspecified atom stereocenters. The summed E-state index contributed by atoms with van der Waals surface area (Å²) in [4.78, 5) is 33.5. The number of methoxy groups -OCH3 is 2. The lowest BCUT2D eigenvalue weighted by atomic mass is 10.0. The van der Waals surface area contributed by atoms with Crippen molar-refractivity contribution < 1.29 is 38.4 Å². The van der Waals surface area contributed by atoms with E-state index in [4.69, 9.17) is 23.7 Å². The van der Waals surface area contributed by atoms with E-state index in [0.717, 1.165) is 89.3 Å². The third-order valence-corrected chi connectivity index (χ3v) is 15.4. The smallest absolute Gasteiger partial charge is 0.310 e. The Bertz CT molecular complexity index is 2460. The lowest BCUT2D eigenvalue weighted by molar-refractivity contribution is -0.142. The van der Waals surface area contributed by atoms with Gasteiger partial charge in [-0.05, 0) is 132 Å². The minimum absolute atomic E-state index is 0.0464. The van der Waals surface area contributed by atoms with Gasteiger partial charge in [-0.1, -0.05) is 12.1 Å². The summed E-state index contributed by atoms with van der Waals surface area (Å²) in [6.07, 6.45) is -0.0924. The summed E-state index contributed by atoms with van der Waals surface area (Å²) < 4.78 is 29.6. The van der Waals surface area contributed by atoms with Crippen molar-refractivity contribution in [1.82, 2.24) is 0 Å². The molecule has 2 aromatic carbocycles. The van der Waals surface area contributed by atoms with Crippen LogP contribution in [-0.4, -0.2) is 50.1 Å². The number of aliphatic carboxylic acids is 1. The van der Waals surface area contributed by atoms with Gasteiger partial charge in [-0.2, -0.15) is 0 Å². The van der Waals surface area contributed by atoms with Crippen LogP contribution in [0.4, 0.5) is 0 Å². The molecule has 0 saturated carbocycles. The van der Waals surface area contributed by atoms with Gasteiger partial charge in [0.25, 0.3) is 0 Å². The highest BCUT2D eigenvalue weighted by Gasteiger charge is 2.28. The Morgan fingerprint density at radius 2 is 0.966 bits per heavy atom. The van der Waals surface area contributed by atoms with Crippen LogP contribution in [0.3, 0.4) is 0 Å². The minimum Gasteiger partial charge on any atom is -0.496 e. The van der Waals surface area contributed by atoms with Crippen LogP contribution in [0.15, 0.2) is 48.5 Å². The third-order valence-electron chi connectivity index (χ3n) is 9.75. The van der Waals surface area contributed by atoms with Gasteiger partial charge < -0.3 is 28.8 Å². The van der Waals surface area contributed by atoms with Crippen LogP contribution in [0.5, 0.6) is 23.0 Å². The standard InChI is InChI=1S/C46H50O8S4/c1-12-52-38(49)22-30-20-36(40-32(51-11)16-14-18-34(40)54-24(4)5)56-46(30)44-28(9)26(7)42(58-44)41-25(6)27(8)43(57-41)45-29(21-37(47)48)19-35(55-45)39-31(50-10)15-13-17-33(39)53-23(2)3/h13-20,23-24H,12,21-22H2,1-11H3,(H,47,48). The maximum atomic E-state index is 13.1. The van der Waals surface area contributed by atoms with Crippen LogP contribution < -0.4 is 18.9 Å². The first kappa shape index (κ1) is 43.0. The number of hydrogen-bond donors (Lipinski definition) is 1. The van der Waals surface area contributed by atoms with Crippen molar-refractivity contribution in [3.63, 3.8) is 0 Å². The highest BCUT2D eigenvalue weighted by Crippen LogP contribution is 2.54. The molecular weight excluding hydrogens is 809 g/mol. The molecule has 0 aliphatic rings. The van der Waals surface area contributed by atoms with Gasteiger partial charge in [-0.25, -0.2) is 0 Å². The normalized spacial score (nSPS) is 11.4. The van der Waals surface area contributed by atoms with E-state index in [9.17, 15) is 14.7 Å². The summed E-state index contributed by atoms with van der Waals surface area (Å²) >= 11 is 6.61. The van der Waals surface area contributed by atoms with Crippen LogP contribution >= 0.6 is 45.3 Å². The van der Waals surface area contributed by atoms with Crippen molar-refractivity contribution in [3.05, 3.63) is 81.9 Å². The molecule has 58 heavy (non-hydrogen) atoms. The number of hydrogen-bond acceptors (Lipinski definition) is 11. The SMILES string of the molecule is CCOC(=O)Cc1cc(-c2c(OC)cccc2OC(C)C)sc1-c1sc(-c2sc(-c3sc(-c4c(OC)cccc4OC(C)C)cc3CC(=O)O)c(C)c2C)c(C)c1C. The average molecular weight is 859 g/mol. The van der Waals surface area contributed by atoms with E-state index in [2.05, 4.69) is 33.8 Å². The molecule has 306 valence electrons. The second kappa shape index (κ2) is 18.1. The van der Waals surface area contributed by atoms with E-state index in [1.807, 2.05) is 77.1 Å². The second-order valence-corrected chi connectivity index (χ2v) is 18.6. The van der Waals surface area contributed by atoms with Crippen molar-refractivity contribution in [2.75, 3.05) is 20.8 Å². The third kappa shape index (κ3) is 8.71. The van der Waals surface area contributed by atoms with Gasteiger partial charge >= 0.3 is 11.9 Å². The van der Waals surface area contributed by atoms with Gasteiger partial charge in [0.05, 0.1) is 57.0 Å². The second-order valence-electron chi connectivity index (χ2n) is 14.5. The molecule has 0 saturated heterocycles. The van der Waals surface area contributed by atoms with Crippen LogP contribution in [-0.2, 0) is 27.2 Å². The first-order valence-corrected chi connectivity index (χ1v) is 22.5. The lowest BCUT2D eigenvalue weighted by Crippen LogP contribution is -2.07. The molecule has 0 atom stereocenters. The number of carboxylic acid groups (broad SMARTS) is 1. The predicted octanol–water partition coefficient (Wildman–Crippen LogP) is 12.8. The molecular formula is C46H50O8S4. The zero-order valence-corrected chi connectivity index (χ0v) is 38.1. The molecule has 6 aromatic rings. The zero-order valence-electron chi connectivity index (χ0n) is 34.8. The predicted molar refractivity (Wildman–Crippen MR) is 240 cm³/mol. The fourth-order valence-electron chi connectivity index (χ4n) is 6.89. The fraction of sp³-hybridized carbons (Fsp3) is 0.348. The summed E-state index contributed by atoms with van der Waals surface area (Å²) in [5.41, 5.74) is 7.86. The lowest BCUT2D eigenvalue weighted by Gasteiger charge is -2.16. The topological polar surface area (TPSA) is 101 Å². The Balaban J connectivity index is 1.50. The molecule has 0 radical (unpaired) electrons. The number of thiophene rings is 4. The Morgan fingerprint density at radius 3 is 1.33 bits per heavy atom. The van der Waals surface area contributed by atoms with Crippen LogP contribution in [0.25, 0.3) is 50.1 Å². The van der Waals surface area contributed by atoms with Crippen molar-refractivity contribution >= 4 is 57.3 Å². The fourth-order valence-corrected chi connectivity index (χ4v) is 12.7.